The predicted octanol–water partition coefficient (Wildman–Crippen LogP) is 2.70. The standard InChI is InChI=1S/C25H28N6O2/c32-24(18-4-2-1-3-5-18)19-8-6-16(11-19)10-17-7-9-22(26-12-17)25(33)30-13-20-21(14-30)23(20)31-15-27-28-29-31/h1-5,7,9,12,15-16,19-21,23-24,32H,6,8,10-11,13-14H2/t16-,19-,20-,21+,23?,24+/m0/s1. The van der Waals surface area contributed by atoms with Gasteiger partial charge in [0.2, 0.25) is 0 Å². The topological polar surface area (TPSA) is 97.0 Å². The van der Waals surface area contributed by atoms with Gasteiger partial charge < -0.3 is 10.0 Å². The molecule has 3 aliphatic rings. The van der Waals surface area contributed by atoms with Gasteiger partial charge in [0.15, 0.2) is 0 Å². The van der Waals surface area contributed by atoms with Gasteiger partial charge in [-0.2, -0.15) is 0 Å². The molecule has 1 N–H and O–H groups in total. The van der Waals surface area contributed by atoms with E-state index >= 15 is 0 Å². The maximum Gasteiger partial charge on any atom is 0.272 e. The van der Waals surface area contributed by atoms with E-state index in [4.69, 9.17) is 0 Å². The summed E-state index contributed by atoms with van der Waals surface area (Å²) in [6, 6.07) is 14.2. The number of fused-ring (bicyclic) bond motifs is 1. The number of likely N-dealkylation sites (tertiary alicyclic amines) is 1. The molecule has 2 aromatic heterocycles. The van der Waals surface area contributed by atoms with Crippen molar-refractivity contribution in [1.82, 2.24) is 30.1 Å². The van der Waals surface area contributed by atoms with Crippen molar-refractivity contribution in [3.05, 3.63) is 71.8 Å². The number of amides is 1. The van der Waals surface area contributed by atoms with Crippen molar-refractivity contribution in [2.24, 2.45) is 23.7 Å². The lowest BCUT2D eigenvalue weighted by molar-refractivity contribution is 0.0761. The van der Waals surface area contributed by atoms with E-state index in [2.05, 4.69) is 20.5 Å². The number of tetrazole rings is 1. The number of carbonyl (C=O) groups is 1. The third kappa shape index (κ3) is 3.93. The summed E-state index contributed by atoms with van der Waals surface area (Å²) in [5, 5.41) is 22.2. The first-order valence-electron chi connectivity index (χ1n) is 11.9. The molecule has 0 radical (unpaired) electrons. The average molecular weight is 445 g/mol. The summed E-state index contributed by atoms with van der Waals surface area (Å²) in [5.41, 5.74) is 2.69. The highest BCUT2D eigenvalue weighted by Crippen LogP contribution is 2.54. The number of carbonyl (C=O) groups excluding carboxylic acids is 1. The summed E-state index contributed by atoms with van der Waals surface area (Å²) in [6.07, 6.45) is 7.26. The fraction of sp³-hybridized carbons (Fsp3) is 0.480. The molecule has 1 aromatic carbocycles. The van der Waals surface area contributed by atoms with E-state index in [1.165, 1.54) is 0 Å². The number of aliphatic hydroxyl groups excluding tert-OH is 1. The van der Waals surface area contributed by atoms with Gasteiger partial charge >= 0.3 is 0 Å². The number of hydrogen-bond donors (Lipinski definition) is 1. The minimum Gasteiger partial charge on any atom is -0.388 e. The van der Waals surface area contributed by atoms with E-state index in [9.17, 15) is 9.90 Å². The van der Waals surface area contributed by atoms with Crippen molar-refractivity contribution in [2.45, 2.75) is 37.8 Å². The molecule has 6 atom stereocenters. The normalized spacial score (nSPS) is 29.1. The van der Waals surface area contributed by atoms with Crippen molar-refractivity contribution in [3.63, 3.8) is 0 Å². The Bertz CT molecular complexity index is 1090. The molecule has 3 aromatic rings. The Morgan fingerprint density at radius 1 is 1.09 bits per heavy atom. The molecule has 3 heterocycles. The lowest BCUT2D eigenvalue weighted by Crippen LogP contribution is -2.32. The van der Waals surface area contributed by atoms with Crippen LogP contribution in [0.4, 0.5) is 0 Å². The summed E-state index contributed by atoms with van der Waals surface area (Å²) in [6.45, 7) is 1.48. The van der Waals surface area contributed by atoms with Crippen LogP contribution >= 0.6 is 0 Å². The molecule has 2 aliphatic carbocycles. The number of nitrogens with zero attached hydrogens (tertiary/aromatic N) is 6. The molecule has 0 spiro atoms. The smallest absolute Gasteiger partial charge is 0.272 e. The molecule has 1 unspecified atom stereocenters. The monoisotopic (exact) mass is 444 g/mol. The largest absolute Gasteiger partial charge is 0.388 e. The van der Waals surface area contributed by atoms with Crippen molar-refractivity contribution in [3.8, 4) is 0 Å². The van der Waals surface area contributed by atoms with Crippen LogP contribution in [0.5, 0.6) is 0 Å². The highest BCUT2D eigenvalue weighted by Gasteiger charge is 2.58. The number of rotatable bonds is 6. The van der Waals surface area contributed by atoms with Crippen LogP contribution in [0.1, 0.15) is 53.0 Å². The highest BCUT2D eigenvalue weighted by molar-refractivity contribution is 5.92. The molecule has 1 aliphatic heterocycles. The van der Waals surface area contributed by atoms with Crippen molar-refractivity contribution >= 4 is 5.91 Å². The van der Waals surface area contributed by atoms with Gasteiger partial charge in [-0.05, 0) is 65.1 Å². The van der Waals surface area contributed by atoms with Crippen molar-refractivity contribution < 1.29 is 9.90 Å². The Kier molecular flexibility index (Phi) is 5.17. The van der Waals surface area contributed by atoms with Gasteiger partial charge in [-0.25, -0.2) is 4.68 Å². The Balaban J connectivity index is 1.02. The SMILES string of the molecule is O=C(c1ccc(C[C@@H]2CC[C@H]([C@H](O)c3ccccc3)C2)cn1)N1C[C@@H]2C(n3cnnn3)[C@@H]2C1. The molecule has 1 saturated heterocycles. The highest BCUT2D eigenvalue weighted by atomic mass is 16.3. The Morgan fingerprint density at radius 2 is 1.91 bits per heavy atom. The molecule has 0 bridgehead atoms. The van der Waals surface area contributed by atoms with Crippen LogP contribution in [-0.4, -0.2) is 54.2 Å². The van der Waals surface area contributed by atoms with Crippen LogP contribution in [0, 0.1) is 23.7 Å². The summed E-state index contributed by atoms with van der Waals surface area (Å²) in [4.78, 5) is 19.3. The molecule has 2 saturated carbocycles. The van der Waals surface area contributed by atoms with Gasteiger partial charge in [-0.15, -0.1) is 5.10 Å². The first-order valence-corrected chi connectivity index (χ1v) is 11.9. The van der Waals surface area contributed by atoms with E-state index in [0.717, 1.165) is 49.9 Å². The summed E-state index contributed by atoms with van der Waals surface area (Å²) >= 11 is 0. The fourth-order valence-corrected chi connectivity index (χ4v) is 6.03. The van der Waals surface area contributed by atoms with Crippen LogP contribution < -0.4 is 0 Å². The second-order valence-corrected chi connectivity index (χ2v) is 9.87. The van der Waals surface area contributed by atoms with Gasteiger partial charge in [0, 0.05) is 31.1 Å². The lowest BCUT2D eigenvalue weighted by Gasteiger charge is -2.20. The average Bonchev–Trinajstić information content (AvgIpc) is 3.38. The zero-order valence-corrected chi connectivity index (χ0v) is 18.4. The maximum atomic E-state index is 12.9. The molecule has 8 nitrogen and oxygen atoms in total. The molecule has 8 heteroatoms. The maximum absolute atomic E-state index is 12.9. The number of benzene rings is 1. The molecular formula is C25H28N6O2. The second-order valence-electron chi connectivity index (χ2n) is 9.87. The van der Waals surface area contributed by atoms with E-state index in [0.29, 0.717) is 35.4 Å². The Morgan fingerprint density at radius 3 is 2.61 bits per heavy atom. The van der Waals surface area contributed by atoms with Crippen LogP contribution in [0.2, 0.25) is 0 Å². The molecule has 1 amide bonds. The van der Waals surface area contributed by atoms with E-state index in [1.54, 1.807) is 6.33 Å². The molecule has 3 fully saturated rings. The van der Waals surface area contributed by atoms with Crippen LogP contribution in [0.25, 0.3) is 0 Å². The molecular weight excluding hydrogens is 416 g/mol. The number of aromatic nitrogens is 5. The predicted molar refractivity (Wildman–Crippen MR) is 120 cm³/mol. The van der Waals surface area contributed by atoms with E-state index < -0.39 is 0 Å². The van der Waals surface area contributed by atoms with Gasteiger partial charge in [-0.3, -0.25) is 9.78 Å². The molecule has 33 heavy (non-hydrogen) atoms. The van der Waals surface area contributed by atoms with Gasteiger partial charge in [0.1, 0.15) is 12.0 Å². The van der Waals surface area contributed by atoms with Gasteiger partial charge in [0.25, 0.3) is 5.91 Å². The van der Waals surface area contributed by atoms with E-state index in [-0.39, 0.29) is 12.0 Å². The first kappa shape index (κ1) is 20.5. The lowest BCUT2D eigenvalue weighted by atomic mass is 9.92. The zero-order valence-electron chi connectivity index (χ0n) is 18.4. The number of hydrogen-bond acceptors (Lipinski definition) is 6. The Labute approximate surface area is 192 Å². The minimum atomic E-state index is -0.388. The van der Waals surface area contributed by atoms with E-state index in [1.807, 2.05) is 58.2 Å². The van der Waals surface area contributed by atoms with Crippen LogP contribution in [0.15, 0.2) is 55.0 Å². The van der Waals surface area contributed by atoms with Gasteiger partial charge in [0.05, 0.1) is 12.1 Å². The molecule has 170 valence electrons. The van der Waals surface area contributed by atoms with Crippen LogP contribution in [0.3, 0.4) is 0 Å². The summed E-state index contributed by atoms with van der Waals surface area (Å²) < 4.78 is 1.82. The van der Waals surface area contributed by atoms with Crippen molar-refractivity contribution in [1.29, 1.82) is 0 Å². The number of piperidine rings is 1. The minimum absolute atomic E-state index is 0.0103. The third-order valence-corrected chi connectivity index (χ3v) is 7.84. The van der Waals surface area contributed by atoms with Crippen LogP contribution in [-0.2, 0) is 6.42 Å². The Hall–Kier alpha value is -3.13. The number of aliphatic hydroxyl groups is 1. The zero-order chi connectivity index (χ0) is 22.4. The third-order valence-electron chi connectivity index (χ3n) is 7.84. The summed E-state index contributed by atoms with van der Waals surface area (Å²) in [7, 11) is 0. The summed E-state index contributed by atoms with van der Waals surface area (Å²) in [5.74, 6) is 1.75. The number of pyridine rings is 1. The van der Waals surface area contributed by atoms with Gasteiger partial charge in [-0.1, -0.05) is 36.4 Å². The molecule has 6 rings (SSSR count). The first-order chi connectivity index (χ1) is 16.2. The fourth-order valence-electron chi connectivity index (χ4n) is 6.03. The second kappa shape index (κ2) is 8.33. The van der Waals surface area contributed by atoms with Crippen molar-refractivity contribution in [2.75, 3.05) is 13.1 Å². The quantitative estimate of drug-likeness (QED) is 0.628.